The number of rotatable bonds is 5. The molecule has 3 heterocycles. The molecular formula is C24H22ClN5O. The van der Waals surface area contributed by atoms with E-state index in [2.05, 4.69) is 43.8 Å². The molecule has 156 valence electrons. The van der Waals surface area contributed by atoms with Gasteiger partial charge < -0.3 is 15.4 Å². The lowest BCUT2D eigenvalue weighted by atomic mass is 9.91. The first-order chi connectivity index (χ1) is 15.3. The van der Waals surface area contributed by atoms with Crippen molar-refractivity contribution in [1.82, 2.24) is 20.3 Å². The van der Waals surface area contributed by atoms with Gasteiger partial charge in [0.2, 0.25) is 5.88 Å². The molecule has 5 rings (SSSR count). The van der Waals surface area contributed by atoms with Gasteiger partial charge in [0.05, 0.1) is 17.4 Å². The first-order valence-electron chi connectivity index (χ1n) is 10.4. The van der Waals surface area contributed by atoms with Crippen LogP contribution in [0, 0.1) is 0 Å². The number of hydrogen-bond donors (Lipinski definition) is 2. The highest BCUT2D eigenvalue weighted by molar-refractivity contribution is 6.32. The van der Waals surface area contributed by atoms with E-state index in [4.69, 9.17) is 16.3 Å². The second-order valence-electron chi connectivity index (χ2n) is 7.59. The minimum absolute atomic E-state index is 0.359. The van der Waals surface area contributed by atoms with Gasteiger partial charge in [-0.1, -0.05) is 35.9 Å². The molecule has 1 aliphatic heterocycles. The van der Waals surface area contributed by atoms with E-state index >= 15 is 0 Å². The Bertz CT molecular complexity index is 1200. The molecule has 7 heteroatoms. The average molecular weight is 432 g/mol. The molecule has 1 fully saturated rings. The zero-order chi connectivity index (χ0) is 21.0. The molecule has 31 heavy (non-hydrogen) atoms. The van der Waals surface area contributed by atoms with Gasteiger partial charge in [-0.05, 0) is 61.2 Å². The molecule has 0 radical (unpaired) electrons. The van der Waals surface area contributed by atoms with E-state index in [1.807, 2.05) is 30.3 Å². The Morgan fingerprint density at radius 1 is 1.03 bits per heavy atom. The highest BCUT2D eigenvalue weighted by atomic mass is 35.5. The summed E-state index contributed by atoms with van der Waals surface area (Å²) >= 11 is 6.42. The highest BCUT2D eigenvalue weighted by Gasteiger charge is 2.16. The number of halogens is 1. The summed E-state index contributed by atoms with van der Waals surface area (Å²) in [4.78, 5) is 13.3. The summed E-state index contributed by atoms with van der Waals surface area (Å²) in [6.45, 7) is 2.10. The van der Waals surface area contributed by atoms with Crippen LogP contribution in [0.25, 0.3) is 10.9 Å². The van der Waals surface area contributed by atoms with E-state index in [9.17, 15) is 0 Å². The molecule has 2 N–H and O–H groups in total. The van der Waals surface area contributed by atoms with Crippen LogP contribution in [0.1, 0.15) is 24.3 Å². The van der Waals surface area contributed by atoms with Crippen LogP contribution in [0.2, 0.25) is 5.02 Å². The summed E-state index contributed by atoms with van der Waals surface area (Å²) in [6, 6.07) is 17.7. The fraction of sp³-hybridized carbons (Fsp3) is 0.208. The van der Waals surface area contributed by atoms with Crippen LogP contribution in [0.5, 0.6) is 11.6 Å². The molecule has 1 saturated heterocycles. The maximum atomic E-state index is 6.42. The quantitative estimate of drug-likeness (QED) is 0.423. The summed E-state index contributed by atoms with van der Waals surface area (Å²) in [6.07, 6.45) is 5.64. The SMILES string of the molecule is Clc1cc(Nc2ncnc3ccc([C@@H]4CCCNC4)cc23)cnc1Oc1ccccc1. The molecule has 0 spiro atoms. The monoisotopic (exact) mass is 431 g/mol. The molecule has 2 aromatic carbocycles. The predicted octanol–water partition coefficient (Wildman–Crippen LogP) is 5.68. The number of anilines is 2. The molecule has 0 saturated carbocycles. The van der Waals surface area contributed by atoms with Crippen LogP contribution in [0.15, 0.2) is 67.1 Å². The summed E-state index contributed by atoms with van der Waals surface area (Å²) in [7, 11) is 0. The Kier molecular flexibility index (Phi) is 5.65. The average Bonchev–Trinajstić information content (AvgIpc) is 2.82. The van der Waals surface area contributed by atoms with Gasteiger partial charge in [0, 0.05) is 11.9 Å². The van der Waals surface area contributed by atoms with Gasteiger partial charge in [-0.15, -0.1) is 0 Å². The number of hydrogen-bond acceptors (Lipinski definition) is 6. The van der Waals surface area contributed by atoms with Gasteiger partial charge in [-0.25, -0.2) is 15.0 Å². The van der Waals surface area contributed by atoms with E-state index in [1.54, 1.807) is 18.6 Å². The largest absolute Gasteiger partial charge is 0.438 e. The van der Waals surface area contributed by atoms with Crippen molar-refractivity contribution in [2.45, 2.75) is 18.8 Å². The molecule has 0 amide bonds. The van der Waals surface area contributed by atoms with E-state index in [-0.39, 0.29) is 0 Å². The Labute approximate surface area is 185 Å². The van der Waals surface area contributed by atoms with E-state index in [0.29, 0.717) is 22.6 Å². The normalized spacial score (nSPS) is 16.2. The van der Waals surface area contributed by atoms with Crippen molar-refractivity contribution in [2.75, 3.05) is 18.4 Å². The van der Waals surface area contributed by atoms with Crippen molar-refractivity contribution in [3.63, 3.8) is 0 Å². The van der Waals surface area contributed by atoms with Gasteiger partial charge in [0.1, 0.15) is 22.9 Å². The zero-order valence-corrected chi connectivity index (χ0v) is 17.6. The van der Waals surface area contributed by atoms with Crippen molar-refractivity contribution in [2.24, 2.45) is 0 Å². The topological polar surface area (TPSA) is 72.0 Å². The summed E-state index contributed by atoms with van der Waals surface area (Å²) in [5.74, 6) is 2.28. The van der Waals surface area contributed by atoms with Crippen LogP contribution in [0.4, 0.5) is 11.5 Å². The molecule has 1 aliphatic rings. The number of ether oxygens (including phenoxy) is 1. The maximum Gasteiger partial charge on any atom is 0.238 e. The standard InChI is InChI=1S/C24H22ClN5O/c25-21-12-18(14-27-24(21)31-19-6-2-1-3-7-19)30-23-20-11-16(17-5-4-10-26-13-17)8-9-22(20)28-15-29-23/h1-3,6-9,11-12,14-15,17,26H,4-5,10,13H2,(H,28,29,30)/t17-/m1/s1. The molecule has 0 bridgehead atoms. The lowest BCUT2D eigenvalue weighted by Crippen LogP contribution is -2.28. The number of nitrogens with one attached hydrogen (secondary N) is 2. The molecular weight excluding hydrogens is 410 g/mol. The first-order valence-corrected chi connectivity index (χ1v) is 10.7. The summed E-state index contributed by atoms with van der Waals surface area (Å²) in [5.41, 5.74) is 2.93. The van der Waals surface area contributed by atoms with Crippen LogP contribution in [0.3, 0.4) is 0 Å². The number of fused-ring (bicyclic) bond motifs is 1. The van der Waals surface area contributed by atoms with E-state index in [0.717, 1.165) is 35.5 Å². The second kappa shape index (κ2) is 8.88. The van der Waals surface area contributed by atoms with Crippen molar-refractivity contribution in [3.05, 3.63) is 77.7 Å². The molecule has 0 unspecified atom stereocenters. The molecule has 6 nitrogen and oxygen atoms in total. The zero-order valence-electron chi connectivity index (χ0n) is 16.9. The third-order valence-electron chi connectivity index (χ3n) is 5.46. The van der Waals surface area contributed by atoms with Crippen LogP contribution >= 0.6 is 11.6 Å². The molecule has 0 aliphatic carbocycles. The summed E-state index contributed by atoms with van der Waals surface area (Å²) in [5, 5.41) is 8.22. The van der Waals surface area contributed by atoms with Crippen LogP contribution in [-0.2, 0) is 0 Å². The Hall–Kier alpha value is -3.22. The van der Waals surface area contributed by atoms with Crippen molar-refractivity contribution in [3.8, 4) is 11.6 Å². The second-order valence-corrected chi connectivity index (χ2v) is 8.00. The van der Waals surface area contributed by atoms with E-state index < -0.39 is 0 Å². The minimum atomic E-state index is 0.359. The van der Waals surface area contributed by atoms with E-state index in [1.165, 1.54) is 18.4 Å². The fourth-order valence-electron chi connectivity index (χ4n) is 3.87. The van der Waals surface area contributed by atoms with Gasteiger partial charge >= 0.3 is 0 Å². The van der Waals surface area contributed by atoms with Crippen molar-refractivity contribution >= 4 is 34.0 Å². The number of aromatic nitrogens is 3. The summed E-state index contributed by atoms with van der Waals surface area (Å²) < 4.78 is 5.77. The molecule has 2 aromatic heterocycles. The van der Waals surface area contributed by atoms with Crippen molar-refractivity contribution < 1.29 is 4.74 Å². The van der Waals surface area contributed by atoms with Gasteiger partial charge in [0.25, 0.3) is 0 Å². The van der Waals surface area contributed by atoms with Gasteiger partial charge in [-0.2, -0.15) is 0 Å². The maximum absolute atomic E-state index is 6.42. The van der Waals surface area contributed by atoms with Crippen molar-refractivity contribution in [1.29, 1.82) is 0 Å². The van der Waals surface area contributed by atoms with Gasteiger partial charge in [0.15, 0.2) is 0 Å². The fourth-order valence-corrected chi connectivity index (χ4v) is 4.07. The lowest BCUT2D eigenvalue weighted by molar-refractivity contribution is 0.462. The Balaban J connectivity index is 1.41. The smallest absolute Gasteiger partial charge is 0.238 e. The number of nitrogens with zero attached hydrogens (tertiary/aromatic N) is 3. The Morgan fingerprint density at radius 2 is 1.94 bits per heavy atom. The third kappa shape index (κ3) is 4.45. The van der Waals surface area contributed by atoms with Gasteiger partial charge in [-0.3, -0.25) is 0 Å². The lowest BCUT2D eigenvalue weighted by Gasteiger charge is -2.23. The van der Waals surface area contributed by atoms with Crippen LogP contribution in [-0.4, -0.2) is 28.0 Å². The number of para-hydroxylation sites is 1. The minimum Gasteiger partial charge on any atom is -0.438 e. The number of benzene rings is 2. The Morgan fingerprint density at radius 3 is 2.74 bits per heavy atom. The van der Waals surface area contributed by atoms with Crippen LogP contribution < -0.4 is 15.4 Å². The highest BCUT2D eigenvalue weighted by Crippen LogP contribution is 2.32. The first kappa shape index (κ1) is 19.7. The number of pyridine rings is 1. The number of piperidine rings is 1. The molecule has 1 atom stereocenters. The third-order valence-corrected chi connectivity index (χ3v) is 5.73. The molecule has 4 aromatic rings. The predicted molar refractivity (Wildman–Crippen MR) is 123 cm³/mol.